The van der Waals surface area contributed by atoms with Gasteiger partial charge in [-0.1, -0.05) is 54.6 Å². The summed E-state index contributed by atoms with van der Waals surface area (Å²) >= 11 is 0. The molecule has 1 radical (unpaired) electrons. The molecular formula is C15H16N. The molecule has 1 heteroatoms. The van der Waals surface area contributed by atoms with Crippen LogP contribution in [0.3, 0.4) is 0 Å². The smallest absolute Gasteiger partial charge is 0.0140 e. The van der Waals surface area contributed by atoms with Gasteiger partial charge in [0.05, 0.1) is 0 Å². The molecule has 0 fully saturated rings. The van der Waals surface area contributed by atoms with Crippen molar-refractivity contribution in [3.05, 3.63) is 71.3 Å². The Morgan fingerprint density at radius 3 is 2.06 bits per heavy atom. The van der Waals surface area contributed by atoms with Crippen molar-refractivity contribution in [2.75, 3.05) is 6.54 Å². The summed E-state index contributed by atoms with van der Waals surface area (Å²) in [6.45, 7) is 0.464. The predicted molar refractivity (Wildman–Crippen MR) is 67.4 cm³/mol. The highest BCUT2D eigenvalue weighted by Crippen LogP contribution is 2.14. The van der Waals surface area contributed by atoms with Gasteiger partial charge in [-0.15, -0.1) is 0 Å². The third-order valence-electron chi connectivity index (χ3n) is 2.75. The molecule has 0 aromatic heterocycles. The SMILES string of the molecule is [NH]CCc1ccccc1Cc1ccccc1. The normalized spacial score (nSPS) is 10.3. The summed E-state index contributed by atoms with van der Waals surface area (Å²) in [5, 5.41) is 0. The molecule has 0 aliphatic rings. The minimum Gasteiger partial charge on any atom is -0.258 e. The summed E-state index contributed by atoms with van der Waals surface area (Å²) in [6.07, 6.45) is 1.82. The van der Waals surface area contributed by atoms with Crippen molar-refractivity contribution < 1.29 is 0 Å². The second-order valence-corrected chi connectivity index (χ2v) is 3.93. The standard InChI is InChI=1S/C15H16N/c16-11-10-14-8-4-5-9-15(14)12-13-6-2-1-3-7-13/h1-9,16H,10-12H2. The zero-order chi connectivity index (χ0) is 11.2. The third-order valence-corrected chi connectivity index (χ3v) is 2.75. The Labute approximate surface area is 96.9 Å². The molecule has 16 heavy (non-hydrogen) atoms. The van der Waals surface area contributed by atoms with E-state index >= 15 is 0 Å². The Bertz CT molecular complexity index is 434. The third kappa shape index (κ3) is 2.71. The Hall–Kier alpha value is -1.60. The van der Waals surface area contributed by atoms with E-state index in [-0.39, 0.29) is 0 Å². The molecule has 1 nitrogen and oxygen atoms in total. The first kappa shape index (κ1) is 10.9. The summed E-state index contributed by atoms with van der Waals surface area (Å²) in [7, 11) is 0. The molecule has 0 saturated carbocycles. The second-order valence-electron chi connectivity index (χ2n) is 3.93. The van der Waals surface area contributed by atoms with E-state index in [2.05, 4.69) is 48.5 Å². The highest BCUT2D eigenvalue weighted by atomic mass is 14.5. The van der Waals surface area contributed by atoms with Crippen LogP contribution in [0.4, 0.5) is 0 Å². The highest BCUT2D eigenvalue weighted by Gasteiger charge is 2.01. The van der Waals surface area contributed by atoms with Gasteiger partial charge in [-0.3, -0.25) is 5.73 Å². The minimum atomic E-state index is 0.464. The lowest BCUT2D eigenvalue weighted by molar-refractivity contribution is 0.923. The first-order valence-electron chi connectivity index (χ1n) is 5.65. The van der Waals surface area contributed by atoms with Crippen molar-refractivity contribution in [2.45, 2.75) is 12.8 Å². The van der Waals surface area contributed by atoms with Crippen LogP contribution < -0.4 is 5.73 Å². The van der Waals surface area contributed by atoms with Crippen molar-refractivity contribution in [2.24, 2.45) is 0 Å². The van der Waals surface area contributed by atoms with Gasteiger partial charge < -0.3 is 0 Å². The number of nitrogens with one attached hydrogen (secondary N) is 1. The van der Waals surface area contributed by atoms with Crippen LogP contribution >= 0.6 is 0 Å². The molecule has 0 amide bonds. The molecule has 81 valence electrons. The average molecular weight is 210 g/mol. The topological polar surface area (TPSA) is 23.8 Å². The number of rotatable bonds is 4. The molecule has 0 bridgehead atoms. The average Bonchev–Trinajstić information content (AvgIpc) is 2.33. The van der Waals surface area contributed by atoms with E-state index in [0.717, 1.165) is 12.8 Å². The maximum absolute atomic E-state index is 7.32. The van der Waals surface area contributed by atoms with Gasteiger partial charge in [0, 0.05) is 6.54 Å². The van der Waals surface area contributed by atoms with Crippen LogP contribution in [-0.2, 0) is 12.8 Å². The van der Waals surface area contributed by atoms with E-state index in [4.69, 9.17) is 5.73 Å². The van der Waals surface area contributed by atoms with E-state index in [0.29, 0.717) is 6.54 Å². The summed E-state index contributed by atoms with van der Waals surface area (Å²) in [5.74, 6) is 0. The van der Waals surface area contributed by atoms with E-state index in [1.165, 1.54) is 16.7 Å². The Balaban J connectivity index is 2.21. The summed E-state index contributed by atoms with van der Waals surface area (Å²) in [4.78, 5) is 0. The molecule has 2 aromatic carbocycles. The minimum absolute atomic E-state index is 0.464. The van der Waals surface area contributed by atoms with Crippen molar-refractivity contribution in [3.63, 3.8) is 0 Å². The summed E-state index contributed by atoms with van der Waals surface area (Å²) in [6, 6.07) is 18.9. The summed E-state index contributed by atoms with van der Waals surface area (Å²) in [5.41, 5.74) is 11.3. The fourth-order valence-corrected chi connectivity index (χ4v) is 1.92. The van der Waals surface area contributed by atoms with Gasteiger partial charge in [0.2, 0.25) is 0 Å². The van der Waals surface area contributed by atoms with Crippen molar-refractivity contribution in [3.8, 4) is 0 Å². The lowest BCUT2D eigenvalue weighted by Crippen LogP contribution is -1.99. The fraction of sp³-hybridized carbons (Fsp3) is 0.200. The van der Waals surface area contributed by atoms with Gasteiger partial charge in [0.15, 0.2) is 0 Å². The van der Waals surface area contributed by atoms with Crippen LogP contribution in [0.15, 0.2) is 54.6 Å². The van der Waals surface area contributed by atoms with Crippen molar-refractivity contribution >= 4 is 0 Å². The molecule has 1 N–H and O–H groups in total. The zero-order valence-corrected chi connectivity index (χ0v) is 9.32. The van der Waals surface area contributed by atoms with E-state index < -0.39 is 0 Å². The number of hydrogen-bond donors (Lipinski definition) is 0. The van der Waals surface area contributed by atoms with Crippen LogP contribution in [0.1, 0.15) is 16.7 Å². The van der Waals surface area contributed by atoms with Gasteiger partial charge >= 0.3 is 0 Å². The highest BCUT2D eigenvalue weighted by molar-refractivity contribution is 5.32. The first-order valence-corrected chi connectivity index (χ1v) is 5.65. The maximum Gasteiger partial charge on any atom is 0.0140 e. The molecule has 2 rings (SSSR count). The van der Waals surface area contributed by atoms with E-state index in [9.17, 15) is 0 Å². The van der Waals surface area contributed by atoms with Crippen LogP contribution in [0.2, 0.25) is 0 Å². The molecule has 0 saturated heterocycles. The molecule has 2 aromatic rings. The molecule has 0 spiro atoms. The zero-order valence-electron chi connectivity index (χ0n) is 9.32. The summed E-state index contributed by atoms with van der Waals surface area (Å²) < 4.78 is 0. The molecule has 0 aliphatic heterocycles. The van der Waals surface area contributed by atoms with Crippen molar-refractivity contribution in [1.82, 2.24) is 5.73 Å². The molecule has 0 aliphatic carbocycles. The van der Waals surface area contributed by atoms with Crippen LogP contribution in [-0.4, -0.2) is 6.54 Å². The predicted octanol–water partition coefficient (Wildman–Crippen LogP) is 3.10. The van der Waals surface area contributed by atoms with E-state index in [1.54, 1.807) is 0 Å². The van der Waals surface area contributed by atoms with Gasteiger partial charge in [-0.25, -0.2) is 0 Å². The van der Waals surface area contributed by atoms with Crippen LogP contribution in [0.5, 0.6) is 0 Å². The van der Waals surface area contributed by atoms with E-state index in [1.807, 2.05) is 6.07 Å². The Morgan fingerprint density at radius 1 is 0.750 bits per heavy atom. The van der Waals surface area contributed by atoms with Gasteiger partial charge in [-0.05, 0) is 29.5 Å². The number of hydrogen-bond acceptors (Lipinski definition) is 0. The largest absolute Gasteiger partial charge is 0.258 e. The maximum atomic E-state index is 7.32. The molecular weight excluding hydrogens is 194 g/mol. The second kappa shape index (κ2) is 5.47. The Kier molecular flexibility index (Phi) is 3.73. The quantitative estimate of drug-likeness (QED) is 0.740. The molecule has 0 unspecified atom stereocenters. The van der Waals surface area contributed by atoms with Crippen LogP contribution in [0.25, 0.3) is 0 Å². The molecule has 0 heterocycles. The fourth-order valence-electron chi connectivity index (χ4n) is 1.92. The molecule has 0 atom stereocenters. The number of benzene rings is 2. The van der Waals surface area contributed by atoms with Gasteiger partial charge in [-0.2, -0.15) is 0 Å². The lowest BCUT2D eigenvalue weighted by Gasteiger charge is -2.08. The lowest BCUT2D eigenvalue weighted by atomic mass is 9.98. The first-order chi connectivity index (χ1) is 7.90. The Morgan fingerprint density at radius 2 is 1.38 bits per heavy atom. The van der Waals surface area contributed by atoms with Crippen LogP contribution in [0, 0.1) is 0 Å². The van der Waals surface area contributed by atoms with Crippen molar-refractivity contribution in [1.29, 1.82) is 0 Å². The van der Waals surface area contributed by atoms with Gasteiger partial charge in [0.25, 0.3) is 0 Å². The van der Waals surface area contributed by atoms with Gasteiger partial charge in [0.1, 0.15) is 0 Å². The monoisotopic (exact) mass is 210 g/mol.